The largest absolute Gasteiger partial charge is 0.354 e. The fraction of sp³-hybridized carbons (Fsp3) is 0.667. The van der Waals surface area contributed by atoms with Crippen LogP contribution in [0.15, 0.2) is 0 Å². The zero-order valence-electron chi connectivity index (χ0n) is 12.1. The molecule has 0 spiro atoms. The highest BCUT2D eigenvalue weighted by Gasteiger charge is 2.22. The lowest BCUT2D eigenvalue weighted by molar-refractivity contribution is 0.546. The molecule has 1 aliphatic rings. The van der Waals surface area contributed by atoms with Gasteiger partial charge in [-0.1, -0.05) is 25.7 Å². The molecule has 1 aromatic rings. The summed E-state index contributed by atoms with van der Waals surface area (Å²) in [6.07, 6.45) is 7.58. The molecule has 0 atom stereocenters. The zero-order chi connectivity index (χ0) is 13.8. The second kappa shape index (κ2) is 6.01. The van der Waals surface area contributed by atoms with Crippen molar-refractivity contribution < 1.29 is 0 Å². The van der Waals surface area contributed by atoms with E-state index in [4.69, 9.17) is 0 Å². The van der Waals surface area contributed by atoms with E-state index in [9.17, 15) is 5.26 Å². The Bertz CT molecular complexity index is 482. The Balaban J connectivity index is 2.30. The highest BCUT2D eigenvalue weighted by atomic mass is 15.3. The number of hydrogen-bond donors (Lipinski definition) is 0. The summed E-state index contributed by atoms with van der Waals surface area (Å²) in [6.45, 7) is 3.85. The fourth-order valence-corrected chi connectivity index (χ4v) is 2.79. The molecule has 0 amide bonds. The number of nitrogens with zero attached hydrogens (tertiary/aromatic N) is 4. The van der Waals surface area contributed by atoms with Crippen LogP contribution in [0, 0.1) is 25.2 Å². The smallest absolute Gasteiger partial charge is 0.169 e. The average molecular weight is 258 g/mol. The summed E-state index contributed by atoms with van der Waals surface area (Å²) >= 11 is 0. The van der Waals surface area contributed by atoms with Gasteiger partial charge in [0, 0.05) is 13.1 Å². The van der Waals surface area contributed by atoms with Gasteiger partial charge in [-0.25, -0.2) is 0 Å². The summed E-state index contributed by atoms with van der Waals surface area (Å²) < 4.78 is 0. The lowest BCUT2D eigenvalue weighted by Crippen LogP contribution is -2.33. The molecular formula is C15H22N4. The van der Waals surface area contributed by atoms with Crippen LogP contribution in [0.2, 0.25) is 0 Å². The van der Waals surface area contributed by atoms with Crippen LogP contribution in [0.1, 0.15) is 55.3 Å². The maximum Gasteiger partial charge on any atom is 0.169 e. The third kappa shape index (κ3) is 2.86. The molecule has 1 aliphatic carbocycles. The van der Waals surface area contributed by atoms with Gasteiger partial charge in [-0.3, -0.25) is 0 Å². The second-order valence-corrected chi connectivity index (χ2v) is 5.48. The van der Waals surface area contributed by atoms with Crippen LogP contribution in [0.3, 0.4) is 0 Å². The van der Waals surface area contributed by atoms with E-state index < -0.39 is 0 Å². The number of anilines is 1. The molecule has 19 heavy (non-hydrogen) atoms. The van der Waals surface area contributed by atoms with E-state index in [0.717, 1.165) is 17.1 Å². The van der Waals surface area contributed by atoms with E-state index in [-0.39, 0.29) is 0 Å². The lowest BCUT2D eigenvalue weighted by Gasteiger charge is -2.28. The zero-order valence-corrected chi connectivity index (χ0v) is 12.1. The summed E-state index contributed by atoms with van der Waals surface area (Å²) in [6, 6.07) is 2.79. The van der Waals surface area contributed by atoms with Crippen LogP contribution in [0.4, 0.5) is 5.82 Å². The van der Waals surface area contributed by atoms with Crippen molar-refractivity contribution in [3.8, 4) is 6.07 Å². The Morgan fingerprint density at radius 2 is 1.74 bits per heavy atom. The highest BCUT2D eigenvalue weighted by molar-refractivity contribution is 5.57. The Morgan fingerprint density at radius 1 is 1.11 bits per heavy atom. The summed E-state index contributed by atoms with van der Waals surface area (Å²) in [7, 11) is 2.05. The Labute approximate surface area is 115 Å². The first-order chi connectivity index (χ1) is 9.15. The van der Waals surface area contributed by atoms with Crippen molar-refractivity contribution in [2.75, 3.05) is 11.9 Å². The molecule has 1 aromatic heterocycles. The van der Waals surface area contributed by atoms with Gasteiger partial charge in [0.05, 0.1) is 5.69 Å². The van der Waals surface area contributed by atoms with Crippen LogP contribution >= 0.6 is 0 Å². The average Bonchev–Trinajstić information content (AvgIpc) is 2.70. The van der Waals surface area contributed by atoms with Crippen LogP contribution in [-0.2, 0) is 0 Å². The van der Waals surface area contributed by atoms with E-state index in [1.807, 2.05) is 13.8 Å². The Morgan fingerprint density at radius 3 is 2.32 bits per heavy atom. The van der Waals surface area contributed by atoms with Crippen molar-refractivity contribution in [2.45, 2.75) is 58.4 Å². The van der Waals surface area contributed by atoms with E-state index in [2.05, 4.69) is 28.2 Å². The number of rotatable bonds is 2. The first kappa shape index (κ1) is 13.8. The van der Waals surface area contributed by atoms with Crippen LogP contribution in [-0.4, -0.2) is 23.3 Å². The van der Waals surface area contributed by atoms with Gasteiger partial charge in [0.2, 0.25) is 0 Å². The van der Waals surface area contributed by atoms with E-state index in [1.165, 1.54) is 38.5 Å². The third-order valence-corrected chi connectivity index (χ3v) is 4.25. The van der Waals surface area contributed by atoms with Gasteiger partial charge in [0.1, 0.15) is 11.6 Å². The molecular weight excluding hydrogens is 236 g/mol. The minimum Gasteiger partial charge on any atom is -0.354 e. The molecule has 4 nitrogen and oxygen atoms in total. The van der Waals surface area contributed by atoms with Gasteiger partial charge in [-0.2, -0.15) is 10.4 Å². The Hall–Kier alpha value is -1.63. The molecule has 0 aromatic carbocycles. The molecule has 1 fully saturated rings. The van der Waals surface area contributed by atoms with Gasteiger partial charge in [0.25, 0.3) is 0 Å². The summed E-state index contributed by atoms with van der Waals surface area (Å²) in [5.41, 5.74) is 2.47. The molecule has 4 heteroatoms. The summed E-state index contributed by atoms with van der Waals surface area (Å²) in [5, 5.41) is 17.8. The molecule has 0 radical (unpaired) electrons. The minimum atomic E-state index is 0.492. The van der Waals surface area contributed by atoms with Crippen molar-refractivity contribution in [3.63, 3.8) is 0 Å². The molecule has 0 aliphatic heterocycles. The topological polar surface area (TPSA) is 52.8 Å². The first-order valence-corrected chi connectivity index (χ1v) is 7.12. The number of aryl methyl sites for hydroxylation is 1. The maximum absolute atomic E-state index is 9.38. The first-order valence-electron chi connectivity index (χ1n) is 7.12. The van der Waals surface area contributed by atoms with Crippen LogP contribution in [0.25, 0.3) is 0 Å². The monoisotopic (exact) mass is 258 g/mol. The van der Waals surface area contributed by atoms with Gasteiger partial charge in [-0.15, -0.1) is 5.10 Å². The van der Waals surface area contributed by atoms with E-state index in [0.29, 0.717) is 11.6 Å². The molecule has 0 saturated heterocycles. The maximum atomic E-state index is 9.38. The standard InChI is InChI=1S/C15H22N4/c1-11-12(2)17-18-15(14(11)10-16)19(3)13-8-6-4-5-7-9-13/h13H,4-9H2,1-3H3. The lowest BCUT2D eigenvalue weighted by atomic mass is 10.1. The molecule has 1 saturated carbocycles. The third-order valence-electron chi connectivity index (χ3n) is 4.25. The van der Waals surface area contributed by atoms with Crippen molar-refractivity contribution in [1.82, 2.24) is 10.2 Å². The number of hydrogen-bond acceptors (Lipinski definition) is 4. The summed E-state index contributed by atoms with van der Waals surface area (Å²) in [4.78, 5) is 2.17. The highest BCUT2D eigenvalue weighted by Crippen LogP contribution is 2.27. The molecule has 1 heterocycles. The number of nitriles is 1. The predicted octanol–water partition coefficient (Wildman–Crippen LogP) is 3.12. The van der Waals surface area contributed by atoms with Gasteiger partial charge in [-0.05, 0) is 32.3 Å². The predicted molar refractivity (Wildman–Crippen MR) is 76.1 cm³/mol. The molecule has 0 unspecified atom stereocenters. The minimum absolute atomic E-state index is 0.492. The van der Waals surface area contributed by atoms with Crippen molar-refractivity contribution in [3.05, 3.63) is 16.8 Å². The molecule has 102 valence electrons. The van der Waals surface area contributed by atoms with Gasteiger partial charge in [0.15, 0.2) is 5.82 Å². The molecule has 2 rings (SSSR count). The molecule has 0 N–H and O–H groups in total. The Kier molecular flexibility index (Phi) is 4.36. The normalized spacial score (nSPS) is 16.7. The van der Waals surface area contributed by atoms with Crippen LogP contribution < -0.4 is 4.90 Å². The van der Waals surface area contributed by atoms with Crippen molar-refractivity contribution >= 4 is 5.82 Å². The number of aromatic nitrogens is 2. The van der Waals surface area contributed by atoms with Gasteiger partial charge < -0.3 is 4.90 Å². The van der Waals surface area contributed by atoms with Crippen LogP contribution in [0.5, 0.6) is 0 Å². The van der Waals surface area contributed by atoms with Crippen molar-refractivity contribution in [2.24, 2.45) is 0 Å². The van der Waals surface area contributed by atoms with Crippen molar-refractivity contribution in [1.29, 1.82) is 5.26 Å². The quantitative estimate of drug-likeness (QED) is 0.765. The van der Waals surface area contributed by atoms with Gasteiger partial charge >= 0.3 is 0 Å². The second-order valence-electron chi connectivity index (χ2n) is 5.48. The van der Waals surface area contributed by atoms with E-state index >= 15 is 0 Å². The summed E-state index contributed by atoms with van der Waals surface area (Å²) in [5.74, 6) is 0.748. The fourth-order valence-electron chi connectivity index (χ4n) is 2.79. The molecule has 0 bridgehead atoms. The van der Waals surface area contributed by atoms with E-state index in [1.54, 1.807) is 0 Å². The SMILES string of the molecule is Cc1nnc(N(C)C2CCCCCC2)c(C#N)c1C.